The number of nitrogens with zero attached hydrogens (tertiary/aromatic N) is 1. The highest BCUT2D eigenvalue weighted by Gasteiger charge is 2.33. The number of halogens is 1. The van der Waals surface area contributed by atoms with Crippen molar-refractivity contribution < 1.29 is 4.74 Å². The van der Waals surface area contributed by atoms with Gasteiger partial charge in [0.2, 0.25) is 0 Å². The van der Waals surface area contributed by atoms with Gasteiger partial charge in [-0.1, -0.05) is 11.6 Å². The third-order valence-electron chi connectivity index (χ3n) is 4.25. The molecule has 2 aliphatic rings. The first-order valence-electron chi connectivity index (χ1n) is 7.00. The molecule has 2 bridgehead atoms. The Kier molecular flexibility index (Phi) is 3.70. The molecule has 1 N–H and O–H groups in total. The number of benzene rings is 1. The van der Waals surface area contributed by atoms with Gasteiger partial charge in [-0.05, 0) is 43.0 Å². The monoisotopic (exact) mass is 280 g/mol. The van der Waals surface area contributed by atoms with Crippen LogP contribution in [0.5, 0.6) is 0 Å². The van der Waals surface area contributed by atoms with E-state index in [4.69, 9.17) is 16.3 Å². The molecule has 2 atom stereocenters. The summed E-state index contributed by atoms with van der Waals surface area (Å²) in [5.41, 5.74) is 3.60. The molecule has 19 heavy (non-hydrogen) atoms. The van der Waals surface area contributed by atoms with E-state index >= 15 is 0 Å². The molecule has 3 rings (SSSR count). The lowest BCUT2D eigenvalue weighted by atomic mass is 10.1. The Morgan fingerprint density at radius 1 is 1.32 bits per heavy atom. The second kappa shape index (κ2) is 5.31. The van der Waals surface area contributed by atoms with E-state index in [0.717, 1.165) is 30.3 Å². The van der Waals surface area contributed by atoms with Gasteiger partial charge in [-0.3, -0.25) is 4.90 Å². The largest absolute Gasteiger partial charge is 0.388 e. The number of fused-ring (bicyclic) bond motifs is 2. The average molecular weight is 281 g/mol. The van der Waals surface area contributed by atoms with Gasteiger partial charge in [0.25, 0.3) is 0 Å². The smallest absolute Gasteiger partial charge is 0.0707 e. The topological polar surface area (TPSA) is 24.5 Å². The van der Waals surface area contributed by atoms with Crippen LogP contribution in [0.3, 0.4) is 0 Å². The number of hydrogen-bond donors (Lipinski definition) is 1. The first-order valence-corrected chi connectivity index (χ1v) is 7.38. The van der Waals surface area contributed by atoms with Crippen LogP contribution < -0.4 is 5.32 Å². The second-order valence-electron chi connectivity index (χ2n) is 5.64. The Labute approximate surface area is 119 Å². The van der Waals surface area contributed by atoms with E-state index in [1.54, 1.807) is 0 Å². The summed E-state index contributed by atoms with van der Waals surface area (Å²) in [5, 5.41) is 4.02. The van der Waals surface area contributed by atoms with E-state index in [9.17, 15) is 0 Å². The van der Waals surface area contributed by atoms with Crippen molar-refractivity contribution in [1.82, 2.24) is 4.90 Å². The van der Waals surface area contributed by atoms with Gasteiger partial charge < -0.3 is 10.1 Å². The van der Waals surface area contributed by atoms with Crippen LogP contribution in [0, 0.1) is 6.92 Å². The van der Waals surface area contributed by atoms with Crippen molar-refractivity contribution in [3.63, 3.8) is 0 Å². The van der Waals surface area contributed by atoms with E-state index < -0.39 is 0 Å². The molecule has 0 aliphatic carbocycles. The van der Waals surface area contributed by atoms with Gasteiger partial charge in [0.1, 0.15) is 0 Å². The molecule has 0 amide bonds. The van der Waals surface area contributed by atoms with Crippen LogP contribution in [0.1, 0.15) is 24.0 Å². The fourth-order valence-corrected chi connectivity index (χ4v) is 3.35. The lowest BCUT2D eigenvalue weighted by Gasteiger charge is -2.32. The minimum absolute atomic E-state index is 0.446. The molecule has 2 unspecified atom stereocenters. The Bertz CT molecular complexity index is 465. The van der Waals surface area contributed by atoms with E-state index in [1.807, 2.05) is 13.1 Å². The lowest BCUT2D eigenvalue weighted by Crippen LogP contribution is -2.42. The minimum atomic E-state index is 0.446. The molecular weight excluding hydrogens is 260 g/mol. The van der Waals surface area contributed by atoms with Gasteiger partial charge in [0.05, 0.1) is 12.2 Å². The van der Waals surface area contributed by atoms with Gasteiger partial charge in [-0.25, -0.2) is 0 Å². The summed E-state index contributed by atoms with van der Waals surface area (Å²) >= 11 is 6.30. The van der Waals surface area contributed by atoms with Gasteiger partial charge in [-0.2, -0.15) is 0 Å². The zero-order valence-corrected chi connectivity index (χ0v) is 12.3. The van der Waals surface area contributed by atoms with E-state index in [-0.39, 0.29) is 0 Å². The summed E-state index contributed by atoms with van der Waals surface area (Å²) < 4.78 is 5.88. The predicted octanol–water partition coefficient (Wildman–Crippen LogP) is 3.05. The van der Waals surface area contributed by atoms with E-state index in [2.05, 4.69) is 23.2 Å². The minimum Gasteiger partial charge on any atom is -0.388 e. The molecular formula is C15H21ClN2O. The molecule has 104 valence electrons. The number of ether oxygens (including phenoxy) is 1. The van der Waals surface area contributed by atoms with Crippen LogP contribution in [0.2, 0.25) is 5.02 Å². The third kappa shape index (κ3) is 2.73. The van der Waals surface area contributed by atoms with Crippen LogP contribution in [-0.4, -0.2) is 37.2 Å². The van der Waals surface area contributed by atoms with Crippen molar-refractivity contribution >= 4 is 17.3 Å². The molecule has 0 saturated carbocycles. The zero-order valence-electron chi connectivity index (χ0n) is 11.6. The van der Waals surface area contributed by atoms with Crippen molar-refractivity contribution in [2.24, 2.45) is 0 Å². The number of morpholine rings is 1. The molecule has 3 nitrogen and oxygen atoms in total. The maximum atomic E-state index is 6.30. The summed E-state index contributed by atoms with van der Waals surface area (Å²) in [6.45, 7) is 5.18. The number of rotatable bonds is 3. The maximum Gasteiger partial charge on any atom is 0.0707 e. The molecule has 2 aliphatic heterocycles. The van der Waals surface area contributed by atoms with Gasteiger partial charge in [0, 0.05) is 37.4 Å². The predicted molar refractivity (Wildman–Crippen MR) is 78.9 cm³/mol. The highest BCUT2D eigenvalue weighted by molar-refractivity contribution is 6.31. The summed E-state index contributed by atoms with van der Waals surface area (Å²) in [6.07, 6.45) is 3.33. The molecule has 1 aromatic rings. The van der Waals surface area contributed by atoms with Crippen molar-refractivity contribution in [2.75, 3.05) is 25.5 Å². The van der Waals surface area contributed by atoms with E-state index in [0.29, 0.717) is 12.2 Å². The van der Waals surface area contributed by atoms with Gasteiger partial charge in [0.15, 0.2) is 0 Å². The highest BCUT2D eigenvalue weighted by Crippen LogP contribution is 2.30. The van der Waals surface area contributed by atoms with Crippen LogP contribution in [0.15, 0.2) is 12.1 Å². The van der Waals surface area contributed by atoms with Crippen molar-refractivity contribution in [1.29, 1.82) is 0 Å². The molecule has 2 fully saturated rings. The number of hydrogen-bond acceptors (Lipinski definition) is 3. The van der Waals surface area contributed by atoms with E-state index in [1.165, 1.54) is 24.0 Å². The summed E-state index contributed by atoms with van der Waals surface area (Å²) in [5.74, 6) is 0. The van der Waals surface area contributed by atoms with Crippen LogP contribution in [0.25, 0.3) is 0 Å². The maximum absolute atomic E-state index is 6.30. The fourth-order valence-electron chi connectivity index (χ4n) is 3.11. The van der Waals surface area contributed by atoms with Gasteiger partial charge in [-0.15, -0.1) is 0 Å². The number of nitrogens with one attached hydrogen (secondary N) is 1. The molecule has 4 heteroatoms. The molecule has 2 saturated heterocycles. The quantitative estimate of drug-likeness (QED) is 0.921. The summed E-state index contributed by atoms with van der Waals surface area (Å²) in [4.78, 5) is 2.50. The average Bonchev–Trinajstić information content (AvgIpc) is 2.74. The molecule has 2 heterocycles. The number of likely N-dealkylation sites (tertiary alicyclic amines) is 1. The molecule has 0 aromatic heterocycles. The zero-order chi connectivity index (χ0) is 13.4. The first kappa shape index (κ1) is 13.2. The molecule has 1 aromatic carbocycles. The Balaban J connectivity index is 1.77. The lowest BCUT2D eigenvalue weighted by molar-refractivity contribution is -0.0411. The Hall–Kier alpha value is -0.770. The third-order valence-corrected chi connectivity index (χ3v) is 4.65. The Morgan fingerprint density at radius 3 is 2.63 bits per heavy atom. The molecule has 0 spiro atoms. The van der Waals surface area contributed by atoms with Crippen LogP contribution in [-0.2, 0) is 11.3 Å². The normalized spacial score (nSPS) is 26.7. The summed E-state index contributed by atoms with van der Waals surface area (Å²) in [7, 11) is 1.93. The van der Waals surface area contributed by atoms with Crippen LogP contribution >= 0.6 is 11.6 Å². The summed E-state index contributed by atoms with van der Waals surface area (Å²) in [6, 6.07) is 4.20. The van der Waals surface area contributed by atoms with Crippen molar-refractivity contribution in [3.05, 3.63) is 28.3 Å². The first-order chi connectivity index (χ1) is 9.15. The SMILES string of the molecule is CNc1cc(Cl)c(C)c(CN2CC3CCC(C2)O3)c1. The van der Waals surface area contributed by atoms with Crippen molar-refractivity contribution in [3.8, 4) is 0 Å². The molecule has 0 radical (unpaired) electrons. The highest BCUT2D eigenvalue weighted by atomic mass is 35.5. The van der Waals surface area contributed by atoms with Gasteiger partial charge >= 0.3 is 0 Å². The van der Waals surface area contributed by atoms with Crippen LogP contribution in [0.4, 0.5) is 5.69 Å². The van der Waals surface area contributed by atoms with Crippen molar-refractivity contribution in [2.45, 2.75) is 38.5 Å². The fraction of sp³-hybridized carbons (Fsp3) is 0.600. The standard InChI is InChI=1S/C15H21ClN2O/c1-10-11(5-12(17-2)6-15(10)16)7-18-8-13-3-4-14(9-18)19-13/h5-6,13-14,17H,3-4,7-9H2,1-2H3. The number of anilines is 1. The Morgan fingerprint density at radius 2 is 2.00 bits per heavy atom. The second-order valence-corrected chi connectivity index (χ2v) is 6.05.